The van der Waals surface area contributed by atoms with Crippen molar-refractivity contribution in [1.82, 2.24) is 9.55 Å². The molecule has 0 fully saturated rings. The maximum absolute atomic E-state index is 5.75. The molecular formula is C10H10BrN3. The molecule has 1 aromatic heterocycles. The van der Waals surface area contributed by atoms with Crippen LogP contribution in [0.25, 0.3) is 5.69 Å². The number of nitrogens with zero attached hydrogens (tertiary/aromatic N) is 2. The normalized spacial score (nSPS) is 10.4. The van der Waals surface area contributed by atoms with Crippen LogP contribution in [0.2, 0.25) is 0 Å². The number of nitrogen functional groups attached to an aromatic ring is 1. The second-order valence-electron chi connectivity index (χ2n) is 3.07. The van der Waals surface area contributed by atoms with Gasteiger partial charge >= 0.3 is 0 Å². The number of aromatic nitrogens is 2. The lowest BCUT2D eigenvalue weighted by Gasteiger charge is -2.06. The summed E-state index contributed by atoms with van der Waals surface area (Å²) in [6.07, 6.45) is 1.76. The molecule has 3 nitrogen and oxygen atoms in total. The Morgan fingerprint density at radius 2 is 1.93 bits per heavy atom. The molecule has 0 aliphatic rings. The Labute approximate surface area is 90.7 Å². The molecule has 0 radical (unpaired) electrons. The Morgan fingerprint density at radius 3 is 2.43 bits per heavy atom. The molecule has 0 bridgehead atoms. The van der Waals surface area contributed by atoms with E-state index in [1.165, 1.54) is 0 Å². The van der Waals surface area contributed by atoms with Crippen LogP contribution in [0.1, 0.15) is 5.69 Å². The summed E-state index contributed by atoms with van der Waals surface area (Å²) in [6.45, 7) is 1.98. The number of nitrogens with two attached hydrogens (primary N) is 1. The summed E-state index contributed by atoms with van der Waals surface area (Å²) in [7, 11) is 0. The van der Waals surface area contributed by atoms with Gasteiger partial charge < -0.3 is 5.73 Å². The van der Waals surface area contributed by atoms with E-state index in [-0.39, 0.29) is 0 Å². The SMILES string of the molecule is Cc1cnc(N)n1-c1ccc(Br)cc1. The topological polar surface area (TPSA) is 43.8 Å². The fraction of sp³-hybridized carbons (Fsp3) is 0.100. The van der Waals surface area contributed by atoms with E-state index in [1.807, 2.05) is 35.8 Å². The Hall–Kier alpha value is -1.29. The van der Waals surface area contributed by atoms with E-state index in [0.29, 0.717) is 5.95 Å². The summed E-state index contributed by atoms with van der Waals surface area (Å²) in [5.74, 6) is 0.518. The van der Waals surface area contributed by atoms with Crippen molar-refractivity contribution in [2.24, 2.45) is 0 Å². The largest absolute Gasteiger partial charge is 0.369 e. The van der Waals surface area contributed by atoms with Crippen molar-refractivity contribution >= 4 is 21.9 Å². The molecule has 72 valence electrons. The lowest BCUT2D eigenvalue weighted by Crippen LogP contribution is -2.01. The molecule has 0 aliphatic heterocycles. The van der Waals surface area contributed by atoms with E-state index in [0.717, 1.165) is 15.9 Å². The number of imidazole rings is 1. The van der Waals surface area contributed by atoms with Crippen molar-refractivity contribution < 1.29 is 0 Å². The molecule has 2 aromatic rings. The van der Waals surface area contributed by atoms with E-state index >= 15 is 0 Å². The summed E-state index contributed by atoms with van der Waals surface area (Å²) in [5, 5.41) is 0. The lowest BCUT2D eigenvalue weighted by atomic mass is 10.3. The zero-order valence-electron chi connectivity index (χ0n) is 7.74. The maximum atomic E-state index is 5.75. The Balaban J connectivity index is 2.54. The summed E-state index contributed by atoms with van der Waals surface area (Å²) in [5.41, 5.74) is 7.81. The molecule has 0 unspecified atom stereocenters. The Kier molecular flexibility index (Phi) is 2.29. The number of hydrogen-bond donors (Lipinski definition) is 1. The maximum Gasteiger partial charge on any atom is 0.205 e. The molecule has 1 aromatic carbocycles. The van der Waals surface area contributed by atoms with Crippen LogP contribution in [0.4, 0.5) is 5.95 Å². The smallest absolute Gasteiger partial charge is 0.205 e. The highest BCUT2D eigenvalue weighted by molar-refractivity contribution is 9.10. The van der Waals surface area contributed by atoms with Crippen LogP contribution < -0.4 is 5.73 Å². The van der Waals surface area contributed by atoms with Gasteiger partial charge in [0.25, 0.3) is 0 Å². The minimum atomic E-state index is 0.518. The van der Waals surface area contributed by atoms with Crippen molar-refractivity contribution in [1.29, 1.82) is 0 Å². The van der Waals surface area contributed by atoms with E-state index in [1.54, 1.807) is 6.20 Å². The van der Waals surface area contributed by atoms with E-state index in [4.69, 9.17) is 5.73 Å². The molecule has 1 heterocycles. The number of hydrogen-bond acceptors (Lipinski definition) is 2. The molecule has 2 N–H and O–H groups in total. The van der Waals surface area contributed by atoms with Gasteiger partial charge in [0.1, 0.15) is 0 Å². The molecular weight excluding hydrogens is 242 g/mol. The van der Waals surface area contributed by atoms with Crippen molar-refractivity contribution in [3.63, 3.8) is 0 Å². The predicted octanol–water partition coefficient (Wildman–Crippen LogP) is 2.53. The number of benzene rings is 1. The standard InChI is InChI=1S/C10H10BrN3/c1-7-6-13-10(12)14(7)9-4-2-8(11)3-5-9/h2-6H,1H3,(H2,12,13). The summed E-state index contributed by atoms with van der Waals surface area (Å²) < 4.78 is 2.96. The first-order valence-electron chi connectivity index (χ1n) is 4.24. The van der Waals surface area contributed by atoms with Crippen LogP contribution in [0.5, 0.6) is 0 Å². The summed E-state index contributed by atoms with van der Waals surface area (Å²) in [4.78, 5) is 4.04. The Morgan fingerprint density at radius 1 is 1.29 bits per heavy atom. The first kappa shape index (κ1) is 9.27. The number of aryl methyl sites for hydroxylation is 1. The fourth-order valence-corrected chi connectivity index (χ4v) is 1.65. The highest BCUT2D eigenvalue weighted by Gasteiger charge is 2.04. The molecule has 0 amide bonds. The molecule has 0 aliphatic carbocycles. The second-order valence-corrected chi connectivity index (χ2v) is 3.99. The predicted molar refractivity (Wildman–Crippen MR) is 60.4 cm³/mol. The quantitative estimate of drug-likeness (QED) is 0.847. The van der Waals surface area contributed by atoms with Crippen molar-refractivity contribution in [2.45, 2.75) is 6.92 Å². The van der Waals surface area contributed by atoms with Gasteiger partial charge in [-0.15, -0.1) is 0 Å². The third-order valence-corrected chi connectivity index (χ3v) is 2.58. The zero-order chi connectivity index (χ0) is 10.1. The van der Waals surface area contributed by atoms with Gasteiger partial charge in [-0.2, -0.15) is 0 Å². The fourth-order valence-electron chi connectivity index (χ4n) is 1.38. The third-order valence-electron chi connectivity index (χ3n) is 2.05. The first-order chi connectivity index (χ1) is 6.68. The number of anilines is 1. The average Bonchev–Trinajstić information content (AvgIpc) is 2.49. The van der Waals surface area contributed by atoms with Crippen LogP contribution in [-0.2, 0) is 0 Å². The van der Waals surface area contributed by atoms with E-state index in [9.17, 15) is 0 Å². The van der Waals surface area contributed by atoms with E-state index in [2.05, 4.69) is 20.9 Å². The monoisotopic (exact) mass is 251 g/mol. The second kappa shape index (κ2) is 3.46. The highest BCUT2D eigenvalue weighted by atomic mass is 79.9. The third kappa shape index (κ3) is 1.53. The molecule has 14 heavy (non-hydrogen) atoms. The van der Waals surface area contributed by atoms with Crippen LogP contribution in [0, 0.1) is 6.92 Å². The molecule has 4 heteroatoms. The van der Waals surface area contributed by atoms with Crippen LogP contribution in [0.15, 0.2) is 34.9 Å². The lowest BCUT2D eigenvalue weighted by molar-refractivity contribution is 1.02. The number of rotatable bonds is 1. The van der Waals surface area contributed by atoms with Crippen molar-refractivity contribution in [2.75, 3.05) is 5.73 Å². The van der Waals surface area contributed by atoms with Crippen molar-refractivity contribution in [3.05, 3.63) is 40.6 Å². The molecule has 2 rings (SSSR count). The van der Waals surface area contributed by atoms with Crippen LogP contribution in [0.3, 0.4) is 0 Å². The molecule has 0 saturated heterocycles. The van der Waals surface area contributed by atoms with Gasteiger partial charge in [0.2, 0.25) is 5.95 Å². The zero-order valence-corrected chi connectivity index (χ0v) is 9.32. The molecule has 0 saturated carbocycles. The Bertz CT molecular complexity index is 425. The summed E-state index contributed by atoms with van der Waals surface area (Å²) >= 11 is 3.39. The van der Waals surface area contributed by atoms with Crippen LogP contribution >= 0.6 is 15.9 Å². The minimum absolute atomic E-state index is 0.518. The van der Waals surface area contributed by atoms with Gasteiger partial charge in [-0.25, -0.2) is 4.98 Å². The summed E-state index contributed by atoms with van der Waals surface area (Å²) in [6, 6.07) is 7.95. The van der Waals surface area contributed by atoms with E-state index < -0.39 is 0 Å². The van der Waals surface area contributed by atoms with Gasteiger partial charge in [-0.1, -0.05) is 15.9 Å². The highest BCUT2D eigenvalue weighted by Crippen LogP contribution is 2.18. The van der Waals surface area contributed by atoms with Gasteiger partial charge in [0, 0.05) is 15.9 Å². The van der Waals surface area contributed by atoms with Gasteiger partial charge in [-0.05, 0) is 31.2 Å². The molecule has 0 spiro atoms. The van der Waals surface area contributed by atoms with Crippen LogP contribution in [-0.4, -0.2) is 9.55 Å². The first-order valence-corrected chi connectivity index (χ1v) is 5.03. The minimum Gasteiger partial charge on any atom is -0.369 e. The molecule has 0 atom stereocenters. The van der Waals surface area contributed by atoms with Crippen molar-refractivity contribution in [3.8, 4) is 5.69 Å². The van der Waals surface area contributed by atoms with Gasteiger partial charge in [0.05, 0.1) is 6.20 Å². The number of halogens is 1. The van der Waals surface area contributed by atoms with Gasteiger partial charge in [0.15, 0.2) is 0 Å². The van der Waals surface area contributed by atoms with Gasteiger partial charge in [-0.3, -0.25) is 4.57 Å². The average molecular weight is 252 g/mol.